The molecule has 0 N–H and O–H groups in total. The van der Waals surface area contributed by atoms with Crippen molar-refractivity contribution >= 4 is 22.4 Å². The van der Waals surface area contributed by atoms with Crippen molar-refractivity contribution in [1.82, 2.24) is 14.4 Å². The third-order valence-corrected chi connectivity index (χ3v) is 8.26. The molecule has 0 bridgehead atoms. The maximum absolute atomic E-state index is 13.0. The van der Waals surface area contributed by atoms with Crippen molar-refractivity contribution in [3.8, 4) is 5.75 Å². The lowest BCUT2D eigenvalue weighted by Crippen LogP contribution is -2.46. The van der Waals surface area contributed by atoms with E-state index in [9.17, 15) is 18.0 Å². The van der Waals surface area contributed by atoms with E-state index in [1.165, 1.54) is 38.1 Å². The second kappa shape index (κ2) is 13.7. The van der Waals surface area contributed by atoms with Crippen molar-refractivity contribution < 1.29 is 22.7 Å². The molecule has 0 amide bonds. The summed E-state index contributed by atoms with van der Waals surface area (Å²) in [5.74, 6) is 0.948. The van der Waals surface area contributed by atoms with E-state index in [0.717, 1.165) is 74.5 Å². The summed E-state index contributed by atoms with van der Waals surface area (Å²) in [5.41, 5.74) is 0.0321. The zero-order chi connectivity index (χ0) is 28.7. The Labute approximate surface area is 240 Å². The Kier molecular flexibility index (Phi) is 9.88. The molecule has 0 saturated carbocycles. The largest absolute Gasteiger partial charge is 0.494 e. The molecule has 1 aromatic heterocycles. The van der Waals surface area contributed by atoms with Crippen molar-refractivity contribution in [1.29, 1.82) is 0 Å². The summed E-state index contributed by atoms with van der Waals surface area (Å²) in [4.78, 5) is 19.7. The molecule has 9 heteroatoms. The van der Waals surface area contributed by atoms with Gasteiger partial charge in [-0.1, -0.05) is 12.5 Å². The fourth-order valence-electron chi connectivity index (χ4n) is 5.86. The van der Waals surface area contributed by atoms with Crippen molar-refractivity contribution in [3.63, 3.8) is 0 Å². The summed E-state index contributed by atoms with van der Waals surface area (Å²) in [5, 5.41) is 2.05. The molecule has 2 aromatic carbocycles. The predicted molar refractivity (Wildman–Crippen MR) is 157 cm³/mol. The number of carbonyl (C=O) groups is 1. The van der Waals surface area contributed by atoms with Crippen LogP contribution in [0.3, 0.4) is 0 Å². The highest BCUT2D eigenvalue weighted by Crippen LogP contribution is 2.32. The van der Waals surface area contributed by atoms with E-state index in [1.54, 1.807) is 10.6 Å². The molecule has 222 valence electrons. The fourth-order valence-corrected chi connectivity index (χ4v) is 5.86. The van der Waals surface area contributed by atoms with Gasteiger partial charge in [0.1, 0.15) is 5.75 Å². The number of aromatic nitrogens is 1. The zero-order valence-corrected chi connectivity index (χ0v) is 23.7. The van der Waals surface area contributed by atoms with Crippen LogP contribution in [-0.2, 0) is 6.18 Å². The molecule has 41 heavy (non-hydrogen) atoms. The molecule has 0 radical (unpaired) electrons. The smallest absolute Gasteiger partial charge is 0.416 e. The van der Waals surface area contributed by atoms with E-state index >= 15 is 0 Å². The van der Waals surface area contributed by atoms with Crippen LogP contribution in [-0.4, -0.2) is 79.2 Å². The van der Waals surface area contributed by atoms with Gasteiger partial charge in [-0.25, -0.2) is 0 Å². The maximum Gasteiger partial charge on any atom is 0.416 e. The van der Waals surface area contributed by atoms with Gasteiger partial charge in [0.25, 0.3) is 0 Å². The number of hydrogen-bond acceptors (Lipinski definition) is 5. The normalized spacial score (nSPS) is 17.0. The SMILES string of the molecule is O=C(CCCCCN1CCN(c2cccc(C(F)(F)F)c2)CC1)n1cc2ccc(OCCCN3CCCC3)cc2c1. The fraction of sp³-hybridized carbons (Fsp3) is 0.531. The maximum atomic E-state index is 13.0. The Morgan fingerprint density at radius 2 is 1.51 bits per heavy atom. The van der Waals surface area contributed by atoms with Crippen LogP contribution in [0.2, 0.25) is 0 Å². The number of rotatable bonds is 12. The van der Waals surface area contributed by atoms with Crippen molar-refractivity contribution in [2.45, 2.75) is 51.1 Å². The number of alkyl halides is 3. The molecule has 2 aliphatic rings. The summed E-state index contributed by atoms with van der Waals surface area (Å²) in [7, 11) is 0. The number of hydrogen-bond donors (Lipinski definition) is 0. The van der Waals surface area contributed by atoms with Crippen LogP contribution in [0.4, 0.5) is 18.9 Å². The van der Waals surface area contributed by atoms with Gasteiger partial charge in [-0.15, -0.1) is 0 Å². The summed E-state index contributed by atoms with van der Waals surface area (Å²) in [6.07, 6.45) is 6.43. The molecule has 5 rings (SSSR count). The van der Waals surface area contributed by atoms with Crippen molar-refractivity contribution in [2.75, 3.05) is 63.9 Å². The number of halogens is 3. The van der Waals surface area contributed by atoms with Crippen LogP contribution in [0.15, 0.2) is 54.9 Å². The molecule has 0 unspecified atom stereocenters. The minimum atomic E-state index is -4.32. The summed E-state index contributed by atoms with van der Waals surface area (Å²) >= 11 is 0. The lowest BCUT2D eigenvalue weighted by atomic mass is 10.1. The van der Waals surface area contributed by atoms with E-state index in [2.05, 4.69) is 9.80 Å². The Hall–Kier alpha value is -3.04. The number of piperazine rings is 1. The van der Waals surface area contributed by atoms with Gasteiger partial charge in [0, 0.05) is 68.0 Å². The molecule has 2 fully saturated rings. The average molecular weight is 571 g/mol. The third kappa shape index (κ3) is 8.26. The Morgan fingerprint density at radius 1 is 0.780 bits per heavy atom. The van der Waals surface area contributed by atoms with Crippen LogP contribution in [0.25, 0.3) is 10.8 Å². The highest BCUT2D eigenvalue weighted by atomic mass is 19.4. The van der Waals surface area contributed by atoms with Crippen LogP contribution < -0.4 is 9.64 Å². The zero-order valence-electron chi connectivity index (χ0n) is 23.7. The van der Waals surface area contributed by atoms with Crippen molar-refractivity contribution in [3.05, 3.63) is 60.4 Å². The Balaban J connectivity index is 0.981. The van der Waals surface area contributed by atoms with Gasteiger partial charge in [0.05, 0.1) is 12.2 Å². The molecule has 6 nitrogen and oxygen atoms in total. The summed E-state index contributed by atoms with van der Waals surface area (Å²) in [6.45, 7) is 8.24. The highest BCUT2D eigenvalue weighted by molar-refractivity contribution is 5.90. The molecule has 0 spiro atoms. The topological polar surface area (TPSA) is 41.0 Å². The van der Waals surface area contributed by atoms with Gasteiger partial charge in [0.15, 0.2) is 0 Å². The number of anilines is 1. The summed E-state index contributed by atoms with van der Waals surface area (Å²) < 4.78 is 46.8. The molecule has 0 aliphatic carbocycles. The molecule has 3 heterocycles. The molecule has 3 aromatic rings. The summed E-state index contributed by atoms with van der Waals surface area (Å²) in [6, 6.07) is 11.6. The molecule has 2 aliphatic heterocycles. The number of fused-ring (bicyclic) bond motifs is 1. The minimum Gasteiger partial charge on any atom is -0.494 e. The molecule has 0 atom stereocenters. The monoisotopic (exact) mass is 570 g/mol. The van der Waals surface area contributed by atoms with Crippen LogP contribution in [0.1, 0.15) is 55.3 Å². The van der Waals surface area contributed by atoms with Crippen LogP contribution in [0.5, 0.6) is 5.75 Å². The Morgan fingerprint density at radius 3 is 2.29 bits per heavy atom. The first-order valence-corrected chi connectivity index (χ1v) is 15.0. The van der Waals surface area contributed by atoms with Gasteiger partial charge in [-0.05, 0) is 88.1 Å². The van der Waals surface area contributed by atoms with Crippen molar-refractivity contribution in [2.24, 2.45) is 0 Å². The standard InChI is InChI=1S/C32H41F3N4O2/c33-32(34,35)28-8-6-9-29(23-28)38-19-17-37(18-20-38)13-3-1-2-10-31(40)39-24-26-11-12-30(22-27(26)25-39)41-21-7-16-36-14-4-5-15-36/h6,8-9,11-12,22-25H,1-5,7,10,13-21H2. The quantitative estimate of drug-likeness (QED) is 0.231. The minimum absolute atomic E-state index is 0.101. The van der Waals surface area contributed by atoms with Gasteiger partial charge < -0.3 is 14.5 Å². The van der Waals surface area contributed by atoms with Gasteiger partial charge in [0.2, 0.25) is 5.91 Å². The van der Waals surface area contributed by atoms with E-state index < -0.39 is 11.7 Å². The molecular formula is C32H41F3N4O2. The predicted octanol–water partition coefficient (Wildman–Crippen LogP) is 6.55. The second-order valence-corrected chi connectivity index (χ2v) is 11.3. The number of unbranched alkanes of at least 4 members (excludes halogenated alkanes) is 2. The first-order chi connectivity index (χ1) is 19.8. The second-order valence-electron chi connectivity index (χ2n) is 11.3. The van der Waals surface area contributed by atoms with E-state index in [4.69, 9.17) is 4.74 Å². The highest BCUT2D eigenvalue weighted by Gasteiger charge is 2.31. The number of likely N-dealkylation sites (tertiary alicyclic amines) is 1. The first kappa shape index (κ1) is 29.5. The van der Waals surface area contributed by atoms with Gasteiger partial charge >= 0.3 is 6.18 Å². The number of nitrogens with zero attached hydrogens (tertiary/aromatic N) is 4. The third-order valence-electron chi connectivity index (χ3n) is 8.26. The number of carbonyl (C=O) groups excluding carboxylic acids is 1. The average Bonchev–Trinajstić information content (AvgIpc) is 3.65. The van der Waals surface area contributed by atoms with Crippen LogP contribution >= 0.6 is 0 Å². The lowest BCUT2D eigenvalue weighted by Gasteiger charge is -2.36. The lowest BCUT2D eigenvalue weighted by molar-refractivity contribution is -0.137. The first-order valence-electron chi connectivity index (χ1n) is 15.0. The van der Waals surface area contributed by atoms with Crippen LogP contribution in [0, 0.1) is 0 Å². The van der Waals surface area contributed by atoms with E-state index in [0.29, 0.717) is 31.8 Å². The Bertz CT molecular complexity index is 1280. The molecular weight excluding hydrogens is 529 g/mol. The van der Waals surface area contributed by atoms with E-state index in [1.807, 2.05) is 35.5 Å². The molecule has 2 saturated heterocycles. The van der Waals surface area contributed by atoms with Gasteiger partial charge in [-0.2, -0.15) is 13.2 Å². The van der Waals surface area contributed by atoms with Gasteiger partial charge in [-0.3, -0.25) is 14.3 Å². The number of ether oxygens (including phenoxy) is 1. The number of benzene rings is 2. The van der Waals surface area contributed by atoms with E-state index in [-0.39, 0.29) is 5.91 Å².